The van der Waals surface area contributed by atoms with Crippen molar-refractivity contribution in [1.82, 2.24) is 15.0 Å². The van der Waals surface area contributed by atoms with Gasteiger partial charge in [-0.15, -0.1) is 5.10 Å². The van der Waals surface area contributed by atoms with Gasteiger partial charge in [0.05, 0.1) is 12.1 Å². The lowest BCUT2D eigenvalue weighted by Gasteiger charge is -2.04. The first-order chi connectivity index (χ1) is 9.90. The van der Waals surface area contributed by atoms with E-state index in [2.05, 4.69) is 58.8 Å². The second-order valence-electron chi connectivity index (χ2n) is 4.92. The average molecular weight is 259 g/mol. The standard InChI is InChI=1S/C17H13N3/c1-2-6-15-11-13(9-10-14(15)5-1)12-20-17-8-4-3-7-16(17)18-19-20/h1-11H,12H2. The topological polar surface area (TPSA) is 30.7 Å². The lowest BCUT2D eigenvalue weighted by molar-refractivity contribution is 0.670. The Morgan fingerprint density at radius 3 is 2.55 bits per heavy atom. The van der Waals surface area contributed by atoms with Gasteiger partial charge in [-0.2, -0.15) is 0 Å². The van der Waals surface area contributed by atoms with Crippen molar-refractivity contribution in [3.8, 4) is 0 Å². The molecule has 0 fully saturated rings. The van der Waals surface area contributed by atoms with Gasteiger partial charge in [0.2, 0.25) is 0 Å². The van der Waals surface area contributed by atoms with Crippen molar-refractivity contribution in [2.75, 3.05) is 0 Å². The summed E-state index contributed by atoms with van der Waals surface area (Å²) in [5.74, 6) is 0. The van der Waals surface area contributed by atoms with Gasteiger partial charge in [-0.25, -0.2) is 4.68 Å². The van der Waals surface area contributed by atoms with E-state index in [9.17, 15) is 0 Å². The van der Waals surface area contributed by atoms with Gasteiger partial charge in [0.1, 0.15) is 5.52 Å². The third kappa shape index (κ3) is 1.84. The molecule has 0 aliphatic heterocycles. The van der Waals surface area contributed by atoms with Gasteiger partial charge in [-0.1, -0.05) is 53.7 Å². The lowest BCUT2D eigenvalue weighted by atomic mass is 10.1. The molecular formula is C17H13N3. The SMILES string of the molecule is c1ccc2cc(Cn3nnc4ccccc43)ccc2c1. The van der Waals surface area contributed by atoms with E-state index in [1.54, 1.807) is 0 Å². The van der Waals surface area contributed by atoms with Crippen molar-refractivity contribution in [3.05, 3.63) is 72.3 Å². The first-order valence-electron chi connectivity index (χ1n) is 6.66. The molecule has 0 radical (unpaired) electrons. The number of hydrogen-bond acceptors (Lipinski definition) is 2. The van der Waals surface area contributed by atoms with Gasteiger partial charge >= 0.3 is 0 Å². The smallest absolute Gasteiger partial charge is 0.113 e. The van der Waals surface area contributed by atoms with Crippen LogP contribution in [0.15, 0.2) is 66.7 Å². The molecule has 3 aromatic carbocycles. The fraction of sp³-hybridized carbons (Fsp3) is 0.0588. The van der Waals surface area contributed by atoms with Crippen LogP contribution in [0.4, 0.5) is 0 Å². The molecule has 3 heteroatoms. The molecule has 1 aromatic heterocycles. The molecular weight excluding hydrogens is 246 g/mol. The molecule has 0 spiro atoms. The highest BCUT2D eigenvalue weighted by molar-refractivity contribution is 5.83. The molecule has 0 bridgehead atoms. The average Bonchev–Trinajstić information content (AvgIpc) is 2.91. The van der Waals surface area contributed by atoms with Crippen molar-refractivity contribution in [2.24, 2.45) is 0 Å². The highest BCUT2D eigenvalue weighted by atomic mass is 15.4. The highest BCUT2D eigenvalue weighted by Gasteiger charge is 2.04. The Labute approximate surface area is 116 Å². The monoisotopic (exact) mass is 259 g/mol. The van der Waals surface area contributed by atoms with Gasteiger partial charge in [0.25, 0.3) is 0 Å². The Morgan fingerprint density at radius 1 is 0.800 bits per heavy atom. The third-order valence-corrected chi connectivity index (χ3v) is 3.57. The van der Waals surface area contributed by atoms with Crippen LogP contribution in [-0.4, -0.2) is 15.0 Å². The molecule has 0 N–H and O–H groups in total. The Hall–Kier alpha value is -2.68. The molecule has 0 amide bonds. The van der Waals surface area contributed by atoms with Crippen LogP contribution in [0.2, 0.25) is 0 Å². The van der Waals surface area contributed by atoms with Crippen LogP contribution in [-0.2, 0) is 6.54 Å². The van der Waals surface area contributed by atoms with Crippen LogP contribution >= 0.6 is 0 Å². The maximum Gasteiger partial charge on any atom is 0.113 e. The minimum Gasteiger partial charge on any atom is -0.240 e. The third-order valence-electron chi connectivity index (χ3n) is 3.57. The van der Waals surface area contributed by atoms with Crippen LogP contribution in [0.1, 0.15) is 5.56 Å². The maximum absolute atomic E-state index is 4.24. The predicted molar refractivity (Wildman–Crippen MR) is 80.6 cm³/mol. The van der Waals surface area contributed by atoms with E-state index in [-0.39, 0.29) is 0 Å². The molecule has 0 saturated carbocycles. The number of fused-ring (bicyclic) bond motifs is 2. The van der Waals surface area contributed by atoms with E-state index in [1.165, 1.54) is 16.3 Å². The molecule has 3 nitrogen and oxygen atoms in total. The highest BCUT2D eigenvalue weighted by Crippen LogP contribution is 2.17. The minimum absolute atomic E-state index is 0.741. The van der Waals surface area contributed by atoms with Crippen molar-refractivity contribution in [2.45, 2.75) is 6.54 Å². The second-order valence-corrected chi connectivity index (χ2v) is 4.92. The number of nitrogens with zero attached hydrogens (tertiary/aromatic N) is 3. The van der Waals surface area contributed by atoms with Crippen LogP contribution in [0.3, 0.4) is 0 Å². The maximum atomic E-state index is 4.24. The van der Waals surface area contributed by atoms with Gasteiger partial charge in [-0.3, -0.25) is 0 Å². The van der Waals surface area contributed by atoms with Crippen LogP contribution in [0.25, 0.3) is 21.8 Å². The molecule has 0 saturated heterocycles. The summed E-state index contributed by atoms with van der Waals surface area (Å²) in [4.78, 5) is 0. The molecule has 20 heavy (non-hydrogen) atoms. The Kier molecular flexibility index (Phi) is 2.49. The van der Waals surface area contributed by atoms with Crippen molar-refractivity contribution >= 4 is 21.8 Å². The quantitative estimate of drug-likeness (QED) is 0.550. The predicted octanol–water partition coefficient (Wildman–Crippen LogP) is 3.63. The van der Waals surface area contributed by atoms with Gasteiger partial charge in [0, 0.05) is 0 Å². The van der Waals surface area contributed by atoms with Crippen LogP contribution < -0.4 is 0 Å². The van der Waals surface area contributed by atoms with E-state index in [4.69, 9.17) is 0 Å². The zero-order valence-electron chi connectivity index (χ0n) is 10.9. The molecule has 0 atom stereocenters. The van der Waals surface area contributed by atoms with E-state index in [0.717, 1.165) is 17.6 Å². The molecule has 0 aliphatic carbocycles. The molecule has 4 aromatic rings. The second kappa shape index (κ2) is 4.46. The van der Waals surface area contributed by atoms with Crippen molar-refractivity contribution < 1.29 is 0 Å². The minimum atomic E-state index is 0.741. The summed E-state index contributed by atoms with van der Waals surface area (Å²) in [5, 5.41) is 10.9. The van der Waals surface area contributed by atoms with E-state index in [0.29, 0.717) is 0 Å². The number of benzene rings is 3. The molecule has 0 aliphatic rings. The van der Waals surface area contributed by atoms with Gasteiger partial charge in [0.15, 0.2) is 0 Å². The van der Waals surface area contributed by atoms with Gasteiger partial charge in [-0.05, 0) is 34.5 Å². The van der Waals surface area contributed by atoms with Gasteiger partial charge < -0.3 is 0 Å². The summed E-state index contributed by atoms with van der Waals surface area (Å²) >= 11 is 0. The number of rotatable bonds is 2. The Balaban J connectivity index is 1.76. The van der Waals surface area contributed by atoms with E-state index >= 15 is 0 Å². The zero-order valence-corrected chi connectivity index (χ0v) is 10.9. The molecule has 1 heterocycles. The van der Waals surface area contributed by atoms with Crippen LogP contribution in [0.5, 0.6) is 0 Å². The van der Waals surface area contributed by atoms with E-state index in [1.807, 2.05) is 22.9 Å². The number of para-hydroxylation sites is 1. The van der Waals surface area contributed by atoms with Crippen molar-refractivity contribution in [1.29, 1.82) is 0 Å². The lowest BCUT2D eigenvalue weighted by Crippen LogP contribution is -2.01. The summed E-state index contributed by atoms with van der Waals surface area (Å²) < 4.78 is 1.94. The summed E-state index contributed by atoms with van der Waals surface area (Å²) in [6.07, 6.45) is 0. The molecule has 0 unspecified atom stereocenters. The zero-order chi connectivity index (χ0) is 13.4. The van der Waals surface area contributed by atoms with E-state index < -0.39 is 0 Å². The first-order valence-corrected chi connectivity index (χ1v) is 6.66. The summed E-state index contributed by atoms with van der Waals surface area (Å²) in [6.45, 7) is 0.741. The first kappa shape index (κ1) is 11.2. The van der Waals surface area contributed by atoms with Crippen LogP contribution in [0, 0.1) is 0 Å². The van der Waals surface area contributed by atoms with Crippen molar-refractivity contribution in [3.63, 3.8) is 0 Å². The fourth-order valence-corrected chi connectivity index (χ4v) is 2.54. The Bertz CT molecular complexity index is 893. The summed E-state index contributed by atoms with van der Waals surface area (Å²) in [6, 6.07) is 23.0. The summed E-state index contributed by atoms with van der Waals surface area (Å²) in [7, 11) is 0. The fourth-order valence-electron chi connectivity index (χ4n) is 2.54. The number of hydrogen-bond donors (Lipinski definition) is 0. The Morgan fingerprint density at radius 2 is 1.60 bits per heavy atom. The normalized spacial score (nSPS) is 11.2. The largest absolute Gasteiger partial charge is 0.240 e. The molecule has 96 valence electrons. The molecule has 4 rings (SSSR count). The number of aromatic nitrogens is 3. The summed E-state index contributed by atoms with van der Waals surface area (Å²) in [5.41, 5.74) is 3.24.